The molecule has 0 N–H and O–H groups in total. The number of fused-ring (bicyclic) bond motifs is 6. The number of para-hydroxylation sites is 2. The second kappa shape index (κ2) is 14.1. The number of aromatic nitrogens is 2. The molecule has 0 radical (unpaired) electrons. The van der Waals surface area contributed by atoms with Crippen molar-refractivity contribution in [1.29, 1.82) is 0 Å². The first-order valence-electron chi connectivity index (χ1n) is 19.8. The second-order valence-electron chi connectivity index (χ2n) is 14.8. The topological polar surface area (TPSA) is 21.1 Å². The second-order valence-corrected chi connectivity index (χ2v) is 14.8. The molecule has 0 aliphatic carbocycles. The van der Waals surface area contributed by atoms with E-state index < -0.39 is 0 Å². The minimum Gasteiger partial charge on any atom is -0.311 e. The molecule has 0 unspecified atom stereocenters. The first-order chi connectivity index (χ1) is 28.8. The Labute approximate surface area is 337 Å². The summed E-state index contributed by atoms with van der Waals surface area (Å²) in [5.74, 6) is 0. The molecule has 3 nitrogen and oxygen atoms in total. The number of rotatable bonds is 7. The lowest BCUT2D eigenvalue weighted by Gasteiger charge is -2.26. The lowest BCUT2D eigenvalue weighted by Crippen LogP contribution is -2.09. The zero-order valence-corrected chi connectivity index (χ0v) is 31.7. The summed E-state index contributed by atoms with van der Waals surface area (Å²) >= 11 is 0. The van der Waals surface area contributed by atoms with Gasteiger partial charge in [0.15, 0.2) is 0 Å². The lowest BCUT2D eigenvalue weighted by atomic mass is 9.93. The van der Waals surface area contributed by atoms with E-state index in [2.05, 4.69) is 221 Å². The van der Waals surface area contributed by atoms with E-state index in [4.69, 9.17) is 0 Å². The normalized spacial score (nSPS) is 11.4. The van der Waals surface area contributed by atoms with Crippen LogP contribution in [0.25, 0.3) is 82.4 Å². The van der Waals surface area contributed by atoms with Crippen molar-refractivity contribution < 1.29 is 0 Å². The van der Waals surface area contributed by atoms with Crippen molar-refractivity contribution in [2.45, 2.75) is 0 Å². The third kappa shape index (κ3) is 5.80. The van der Waals surface area contributed by atoms with Gasteiger partial charge in [-0.15, -0.1) is 0 Å². The molecule has 58 heavy (non-hydrogen) atoms. The number of anilines is 3. The van der Waals surface area contributed by atoms with Gasteiger partial charge in [-0.3, -0.25) is 4.98 Å². The molecule has 9 aromatic carbocycles. The van der Waals surface area contributed by atoms with Gasteiger partial charge >= 0.3 is 0 Å². The highest BCUT2D eigenvalue weighted by Gasteiger charge is 2.16. The molecule has 11 rings (SSSR count). The molecule has 272 valence electrons. The molecule has 0 aliphatic heterocycles. The van der Waals surface area contributed by atoms with Crippen LogP contribution < -0.4 is 4.90 Å². The summed E-state index contributed by atoms with van der Waals surface area (Å²) in [5.41, 5.74) is 13.9. The van der Waals surface area contributed by atoms with Gasteiger partial charge in [-0.05, 0) is 128 Å². The Morgan fingerprint density at radius 3 is 1.38 bits per heavy atom. The molecule has 0 saturated heterocycles. The molecule has 0 aliphatic rings. The van der Waals surface area contributed by atoms with Crippen molar-refractivity contribution in [3.63, 3.8) is 0 Å². The van der Waals surface area contributed by atoms with Crippen LogP contribution in [0.4, 0.5) is 17.1 Å². The summed E-state index contributed by atoms with van der Waals surface area (Å²) in [4.78, 5) is 6.68. The molecular weight excluding hydrogens is 703 g/mol. The molecule has 0 amide bonds. The standard InChI is InChI=1S/C55H37N3/c1-2-12-48-42(10-1)36-53(50-14-4-3-13-49(48)50)41-25-33-46(34-26-41)57(45-29-23-40(24-30-45)43-11-9-35-56-37-43)44-27-19-38(20-28-44)39-21-31-47(32-22-39)58-54-17-7-5-15-51(54)52-16-6-8-18-55(52)58/h1-37H. The minimum atomic E-state index is 1.08. The Morgan fingerprint density at radius 2 is 0.810 bits per heavy atom. The van der Waals surface area contributed by atoms with Crippen LogP contribution in [0.15, 0.2) is 225 Å². The van der Waals surface area contributed by atoms with E-state index in [1.54, 1.807) is 0 Å². The fourth-order valence-electron chi connectivity index (χ4n) is 8.67. The maximum absolute atomic E-state index is 4.35. The van der Waals surface area contributed by atoms with Gasteiger partial charge in [0.2, 0.25) is 0 Å². The molecule has 0 saturated carbocycles. The molecule has 0 fully saturated rings. The van der Waals surface area contributed by atoms with Crippen LogP contribution in [0.5, 0.6) is 0 Å². The SMILES string of the molecule is c1cncc(-c2ccc(N(c3ccc(-c4ccc(-n5c6ccccc6c6ccccc65)cc4)cc3)c3ccc(-c4cc5ccccc5c5ccccc45)cc3)cc2)c1. The van der Waals surface area contributed by atoms with Gasteiger partial charge < -0.3 is 9.47 Å². The third-order valence-electron chi connectivity index (χ3n) is 11.5. The lowest BCUT2D eigenvalue weighted by molar-refractivity contribution is 1.18. The van der Waals surface area contributed by atoms with Crippen molar-refractivity contribution in [1.82, 2.24) is 9.55 Å². The van der Waals surface area contributed by atoms with Crippen LogP contribution in [-0.4, -0.2) is 9.55 Å². The molecule has 3 heteroatoms. The highest BCUT2D eigenvalue weighted by molar-refractivity contribution is 6.14. The summed E-state index contributed by atoms with van der Waals surface area (Å²) in [6.45, 7) is 0. The molecule has 2 aromatic heterocycles. The van der Waals surface area contributed by atoms with E-state index in [0.29, 0.717) is 0 Å². The van der Waals surface area contributed by atoms with Crippen LogP contribution >= 0.6 is 0 Å². The van der Waals surface area contributed by atoms with Crippen LogP contribution in [-0.2, 0) is 0 Å². The first-order valence-corrected chi connectivity index (χ1v) is 19.8. The molecule has 2 heterocycles. The summed E-state index contributed by atoms with van der Waals surface area (Å²) in [6.07, 6.45) is 3.73. The summed E-state index contributed by atoms with van der Waals surface area (Å²) in [6, 6.07) is 76.8. The Balaban J connectivity index is 0.956. The van der Waals surface area contributed by atoms with Gasteiger partial charge in [-0.25, -0.2) is 0 Å². The predicted octanol–water partition coefficient (Wildman–Crippen LogP) is 15.0. The third-order valence-corrected chi connectivity index (χ3v) is 11.5. The highest BCUT2D eigenvalue weighted by Crippen LogP contribution is 2.40. The van der Waals surface area contributed by atoms with Gasteiger partial charge in [0.1, 0.15) is 0 Å². The molecule has 0 atom stereocenters. The van der Waals surface area contributed by atoms with Crippen molar-refractivity contribution >= 4 is 60.4 Å². The number of pyridine rings is 1. The van der Waals surface area contributed by atoms with E-state index >= 15 is 0 Å². The first kappa shape index (κ1) is 33.6. The van der Waals surface area contributed by atoms with Crippen molar-refractivity contribution in [2.24, 2.45) is 0 Å². The van der Waals surface area contributed by atoms with E-state index in [1.807, 2.05) is 18.5 Å². The fraction of sp³-hybridized carbons (Fsp3) is 0. The molecule has 0 spiro atoms. The van der Waals surface area contributed by atoms with Gasteiger partial charge in [-0.2, -0.15) is 0 Å². The zero-order valence-electron chi connectivity index (χ0n) is 31.7. The van der Waals surface area contributed by atoms with E-state index in [-0.39, 0.29) is 0 Å². The largest absolute Gasteiger partial charge is 0.311 e. The van der Waals surface area contributed by atoms with E-state index in [0.717, 1.165) is 33.9 Å². The number of hydrogen-bond acceptors (Lipinski definition) is 2. The van der Waals surface area contributed by atoms with Crippen LogP contribution in [0.3, 0.4) is 0 Å². The summed E-state index contributed by atoms with van der Waals surface area (Å²) < 4.78 is 2.36. The van der Waals surface area contributed by atoms with Crippen LogP contribution in [0.1, 0.15) is 0 Å². The Bertz CT molecular complexity index is 3180. The fourth-order valence-corrected chi connectivity index (χ4v) is 8.67. The quantitative estimate of drug-likeness (QED) is 0.152. The predicted molar refractivity (Wildman–Crippen MR) is 245 cm³/mol. The summed E-state index contributed by atoms with van der Waals surface area (Å²) in [7, 11) is 0. The number of benzene rings is 9. The van der Waals surface area contributed by atoms with Gasteiger partial charge in [0.05, 0.1) is 11.0 Å². The monoisotopic (exact) mass is 739 g/mol. The van der Waals surface area contributed by atoms with Crippen molar-refractivity contribution in [3.8, 4) is 39.1 Å². The average molecular weight is 740 g/mol. The maximum Gasteiger partial charge on any atom is 0.0541 e. The van der Waals surface area contributed by atoms with E-state index in [9.17, 15) is 0 Å². The minimum absolute atomic E-state index is 1.08. The zero-order chi connectivity index (χ0) is 38.4. The van der Waals surface area contributed by atoms with Gasteiger partial charge in [-0.1, -0.05) is 140 Å². The van der Waals surface area contributed by atoms with Crippen LogP contribution in [0.2, 0.25) is 0 Å². The van der Waals surface area contributed by atoms with Crippen molar-refractivity contribution in [2.75, 3.05) is 4.90 Å². The van der Waals surface area contributed by atoms with E-state index in [1.165, 1.54) is 65.6 Å². The highest BCUT2D eigenvalue weighted by atomic mass is 15.1. The Hall–Kier alpha value is -7.75. The van der Waals surface area contributed by atoms with Crippen molar-refractivity contribution in [3.05, 3.63) is 225 Å². The summed E-state index contributed by atoms with van der Waals surface area (Å²) in [5, 5.41) is 7.60. The Kier molecular flexibility index (Phi) is 8.15. The number of hydrogen-bond donors (Lipinski definition) is 0. The smallest absolute Gasteiger partial charge is 0.0541 e. The van der Waals surface area contributed by atoms with Gasteiger partial charge in [0.25, 0.3) is 0 Å². The maximum atomic E-state index is 4.35. The molecule has 11 aromatic rings. The Morgan fingerprint density at radius 1 is 0.345 bits per heavy atom. The number of nitrogens with zero attached hydrogens (tertiary/aromatic N) is 3. The molecular formula is C55H37N3. The average Bonchev–Trinajstić information content (AvgIpc) is 3.64. The molecule has 0 bridgehead atoms. The van der Waals surface area contributed by atoms with Crippen LogP contribution in [0, 0.1) is 0 Å². The van der Waals surface area contributed by atoms with Gasteiger partial charge in [0, 0.05) is 45.9 Å².